The van der Waals surface area contributed by atoms with Gasteiger partial charge in [-0.3, -0.25) is 4.79 Å². The molecule has 0 aromatic heterocycles. The van der Waals surface area contributed by atoms with Crippen LogP contribution in [-0.2, 0) is 0 Å². The maximum Gasteiger partial charge on any atom is 0.336 e. The predicted octanol–water partition coefficient (Wildman–Crippen LogP) is 3.38. The van der Waals surface area contributed by atoms with Crippen molar-refractivity contribution in [2.75, 3.05) is 0 Å². The molecule has 0 amide bonds. The highest BCUT2D eigenvalue weighted by molar-refractivity contribution is 9.10. The summed E-state index contributed by atoms with van der Waals surface area (Å²) in [5.41, 5.74) is 0.670. The van der Waals surface area contributed by atoms with Crippen molar-refractivity contribution in [1.82, 2.24) is 0 Å². The molecule has 2 aromatic carbocycles. The lowest BCUT2D eigenvalue weighted by Crippen LogP contribution is -2.09. The molecule has 0 aliphatic rings. The highest BCUT2D eigenvalue weighted by Gasteiger charge is 2.17. The van der Waals surface area contributed by atoms with Crippen molar-refractivity contribution in [3.05, 3.63) is 69.7 Å². The van der Waals surface area contributed by atoms with Gasteiger partial charge in [-0.05, 0) is 18.2 Å². The van der Waals surface area contributed by atoms with Crippen LogP contribution in [0.4, 0.5) is 0 Å². The maximum absolute atomic E-state index is 12.2. The van der Waals surface area contributed by atoms with E-state index < -0.39 is 5.97 Å². The second-order valence-corrected chi connectivity index (χ2v) is 4.61. The van der Waals surface area contributed by atoms with Gasteiger partial charge in [-0.1, -0.05) is 46.3 Å². The van der Waals surface area contributed by atoms with Gasteiger partial charge in [0, 0.05) is 15.6 Å². The van der Waals surface area contributed by atoms with Gasteiger partial charge in [0.2, 0.25) is 0 Å². The Hall–Kier alpha value is -1.94. The molecule has 2 rings (SSSR count). The Balaban J connectivity index is 2.50. The van der Waals surface area contributed by atoms with E-state index in [0.29, 0.717) is 5.56 Å². The predicted molar refractivity (Wildman–Crippen MR) is 71.0 cm³/mol. The van der Waals surface area contributed by atoms with E-state index >= 15 is 0 Å². The van der Waals surface area contributed by atoms with Crippen LogP contribution in [0.15, 0.2) is 53.0 Å². The largest absolute Gasteiger partial charge is 0.478 e. The molecule has 0 saturated carbocycles. The summed E-state index contributed by atoms with van der Waals surface area (Å²) in [5, 5.41) is 9.05. The highest BCUT2D eigenvalue weighted by atomic mass is 79.9. The lowest BCUT2D eigenvalue weighted by molar-refractivity contribution is 0.0693. The number of aromatic carboxylic acids is 1. The Morgan fingerprint density at radius 1 is 0.944 bits per heavy atom. The number of ketones is 1. The number of carboxylic acid groups (broad SMARTS) is 1. The molecule has 0 heterocycles. The van der Waals surface area contributed by atoms with E-state index in [1.807, 2.05) is 0 Å². The van der Waals surface area contributed by atoms with Crippen LogP contribution in [0.2, 0.25) is 0 Å². The van der Waals surface area contributed by atoms with E-state index in [1.54, 1.807) is 36.4 Å². The van der Waals surface area contributed by atoms with Crippen LogP contribution < -0.4 is 0 Å². The van der Waals surface area contributed by atoms with Crippen LogP contribution in [0, 0.1) is 0 Å². The van der Waals surface area contributed by atoms with Crippen LogP contribution in [0.3, 0.4) is 0 Å². The molecule has 0 atom stereocenters. The van der Waals surface area contributed by atoms with Gasteiger partial charge >= 0.3 is 5.97 Å². The zero-order valence-electron chi connectivity index (χ0n) is 9.26. The van der Waals surface area contributed by atoms with Gasteiger partial charge in [-0.2, -0.15) is 0 Å². The quantitative estimate of drug-likeness (QED) is 0.884. The first-order valence-corrected chi connectivity index (χ1v) is 6.01. The van der Waals surface area contributed by atoms with E-state index in [4.69, 9.17) is 5.11 Å². The average Bonchev–Trinajstić information content (AvgIpc) is 2.38. The third-order valence-electron chi connectivity index (χ3n) is 2.49. The van der Waals surface area contributed by atoms with Gasteiger partial charge in [-0.25, -0.2) is 4.79 Å². The Labute approximate surface area is 112 Å². The third kappa shape index (κ3) is 2.49. The van der Waals surface area contributed by atoms with Crippen molar-refractivity contribution in [3.63, 3.8) is 0 Å². The number of benzene rings is 2. The summed E-state index contributed by atoms with van der Waals surface area (Å²) in [6, 6.07) is 13.1. The number of carboxylic acids is 1. The fourth-order valence-corrected chi connectivity index (χ4v) is 2.05. The van der Waals surface area contributed by atoms with Gasteiger partial charge in [0.1, 0.15) is 0 Å². The van der Waals surface area contributed by atoms with Crippen molar-refractivity contribution in [3.8, 4) is 0 Å². The van der Waals surface area contributed by atoms with Crippen molar-refractivity contribution >= 4 is 27.7 Å². The zero-order valence-corrected chi connectivity index (χ0v) is 10.8. The summed E-state index contributed by atoms with van der Waals surface area (Å²) >= 11 is 3.28. The molecule has 4 heteroatoms. The molecule has 1 N–H and O–H groups in total. The third-order valence-corrected chi connectivity index (χ3v) is 2.98. The average molecular weight is 305 g/mol. The standard InChI is InChI=1S/C14H9BrO3/c15-10-5-3-4-9(8-10)13(16)11-6-1-2-7-12(11)14(17)18/h1-8H,(H,17,18). The lowest BCUT2D eigenvalue weighted by atomic mass is 9.98. The minimum absolute atomic E-state index is 0.0162. The first kappa shape index (κ1) is 12.5. The summed E-state index contributed by atoms with van der Waals surface area (Å²) in [5.74, 6) is -1.40. The van der Waals surface area contributed by atoms with Crippen LogP contribution in [-0.4, -0.2) is 16.9 Å². The normalized spacial score (nSPS) is 10.1. The molecule has 0 radical (unpaired) electrons. The Morgan fingerprint density at radius 3 is 2.22 bits per heavy atom. The SMILES string of the molecule is O=C(O)c1ccccc1C(=O)c1cccc(Br)c1. The fraction of sp³-hybridized carbons (Fsp3) is 0. The molecule has 0 bridgehead atoms. The van der Waals surface area contributed by atoms with Gasteiger partial charge in [0.25, 0.3) is 0 Å². The van der Waals surface area contributed by atoms with Crippen LogP contribution in [0.25, 0.3) is 0 Å². The molecule has 2 aromatic rings. The van der Waals surface area contributed by atoms with Crippen LogP contribution in [0.1, 0.15) is 26.3 Å². The topological polar surface area (TPSA) is 54.4 Å². The molecular formula is C14H9BrO3. The molecule has 90 valence electrons. The van der Waals surface area contributed by atoms with Crippen LogP contribution >= 0.6 is 15.9 Å². The van der Waals surface area contributed by atoms with Crippen molar-refractivity contribution < 1.29 is 14.7 Å². The Morgan fingerprint density at radius 2 is 1.61 bits per heavy atom. The van der Waals surface area contributed by atoms with E-state index in [2.05, 4.69) is 15.9 Å². The van der Waals surface area contributed by atoms with E-state index in [9.17, 15) is 9.59 Å². The van der Waals surface area contributed by atoms with Crippen molar-refractivity contribution in [2.24, 2.45) is 0 Å². The Kier molecular flexibility index (Phi) is 3.58. The fourth-order valence-electron chi connectivity index (χ4n) is 1.65. The first-order valence-electron chi connectivity index (χ1n) is 5.22. The molecule has 0 aliphatic carbocycles. The summed E-state index contributed by atoms with van der Waals surface area (Å²) in [6.45, 7) is 0. The molecule has 0 unspecified atom stereocenters. The molecule has 0 saturated heterocycles. The number of rotatable bonds is 3. The summed E-state index contributed by atoms with van der Waals surface area (Å²) < 4.78 is 0.779. The number of halogens is 1. The smallest absolute Gasteiger partial charge is 0.336 e. The Bertz CT molecular complexity index is 620. The second kappa shape index (κ2) is 5.14. The molecule has 0 spiro atoms. The van der Waals surface area contributed by atoms with E-state index in [0.717, 1.165) is 4.47 Å². The van der Waals surface area contributed by atoms with Gasteiger partial charge in [-0.15, -0.1) is 0 Å². The van der Waals surface area contributed by atoms with Crippen molar-refractivity contribution in [2.45, 2.75) is 0 Å². The number of carbonyl (C=O) groups excluding carboxylic acids is 1. The van der Waals surface area contributed by atoms with E-state index in [-0.39, 0.29) is 16.9 Å². The molecule has 0 aliphatic heterocycles. The van der Waals surface area contributed by atoms with Gasteiger partial charge in [0.15, 0.2) is 5.78 Å². The van der Waals surface area contributed by atoms with Gasteiger partial charge < -0.3 is 5.11 Å². The number of carbonyl (C=O) groups is 2. The minimum Gasteiger partial charge on any atom is -0.478 e. The summed E-state index contributed by atoms with van der Waals surface area (Å²) in [6.07, 6.45) is 0. The number of hydrogen-bond donors (Lipinski definition) is 1. The summed E-state index contributed by atoms with van der Waals surface area (Å²) in [7, 11) is 0. The molecule has 0 fully saturated rings. The molecule has 3 nitrogen and oxygen atoms in total. The van der Waals surface area contributed by atoms with E-state index in [1.165, 1.54) is 12.1 Å². The molecule has 18 heavy (non-hydrogen) atoms. The zero-order chi connectivity index (χ0) is 13.1. The maximum atomic E-state index is 12.2. The van der Waals surface area contributed by atoms with Crippen molar-refractivity contribution in [1.29, 1.82) is 0 Å². The monoisotopic (exact) mass is 304 g/mol. The number of hydrogen-bond acceptors (Lipinski definition) is 2. The molecular weight excluding hydrogens is 296 g/mol. The van der Waals surface area contributed by atoms with Gasteiger partial charge in [0.05, 0.1) is 5.56 Å². The summed E-state index contributed by atoms with van der Waals surface area (Å²) in [4.78, 5) is 23.3. The minimum atomic E-state index is -1.10. The van der Waals surface area contributed by atoms with Crippen LogP contribution in [0.5, 0.6) is 0 Å². The first-order chi connectivity index (χ1) is 8.59. The lowest BCUT2D eigenvalue weighted by Gasteiger charge is -2.05. The highest BCUT2D eigenvalue weighted by Crippen LogP contribution is 2.18. The second-order valence-electron chi connectivity index (χ2n) is 3.69.